The predicted molar refractivity (Wildman–Crippen MR) is 112 cm³/mol. The van der Waals surface area contributed by atoms with Gasteiger partial charge in [0.25, 0.3) is 0 Å². The second-order valence-electron chi connectivity index (χ2n) is 6.70. The van der Waals surface area contributed by atoms with Crippen molar-refractivity contribution < 1.29 is 0 Å². The standard InChI is InChI=1S/C23H20N4/c1-15-11-16(2)13-18(12-15)21-10-8-19(14-25-21)26-27-22-9-7-17-5-3-4-6-20(17)23(22)24/h3-14H,24H2,1-2H3. The van der Waals surface area contributed by atoms with Crippen molar-refractivity contribution in [3.63, 3.8) is 0 Å². The predicted octanol–water partition coefficient (Wildman–Crippen LogP) is 6.52. The quantitative estimate of drug-likeness (QED) is 0.337. The molecule has 1 aromatic heterocycles. The average molecular weight is 352 g/mol. The maximum absolute atomic E-state index is 6.24. The van der Waals surface area contributed by atoms with E-state index in [1.54, 1.807) is 6.20 Å². The highest BCUT2D eigenvalue weighted by molar-refractivity contribution is 5.97. The van der Waals surface area contributed by atoms with Crippen molar-refractivity contribution in [2.75, 3.05) is 5.73 Å². The Morgan fingerprint density at radius 3 is 2.33 bits per heavy atom. The fraction of sp³-hybridized carbons (Fsp3) is 0.0870. The highest BCUT2D eigenvalue weighted by Gasteiger charge is 2.04. The van der Waals surface area contributed by atoms with Crippen molar-refractivity contribution in [3.8, 4) is 11.3 Å². The average Bonchev–Trinajstić information content (AvgIpc) is 2.67. The molecular weight excluding hydrogens is 332 g/mol. The van der Waals surface area contributed by atoms with Crippen LogP contribution < -0.4 is 5.73 Å². The molecule has 0 radical (unpaired) electrons. The highest BCUT2D eigenvalue weighted by Crippen LogP contribution is 2.32. The Hall–Kier alpha value is -3.53. The van der Waals surface area contributed by atoms with E-state index in [-0.39, 0.29) is 0 Å². The number of nitrogen functional groups attached to an aromatic ring is 1. The SMILES string of the molecule is Cc1cc(C)cc(-c2ccc(N=Nc3ccc4ccccc4c3N)cn2)c1. The molecule has 0 bridgehead atoms. The summed E-state index contributed by atoms with van der Waals surface area (Å²) in [4.78, 5) is 4.53. The zero-order valence-electron chi connectivity index (χ0n) is 15.3. The van der Waals surface area contributed by atoms with Gasteiger partial charge in [0.05, 0.1) is 17.6 Å². The van der Waals surface area contributed by atoms with Crippen LogP contribution in [0.5, 0.6) is 0 Å². The number of fused-ring (bicyclic) bond motifs is 1. The third-order valence-corrected chi connectivity index (χ3v) is 4.49. The molecule has 0 atom stereocenters. The molecular formula is C23H20N4. The Balaban J connectivity index is 1.61. The zero-order valence-corrected chi connectivity index (χ0v) is 15.3. The fourth-order valence-corrected chi connectivity index (χ4v) is 3.22. The second-order valence-corrected chi connectivity index (χ2v) is 6.70. The number of hydrogen-bond donors (Lipinski definition) is 1. The third kappa shape index (κ3) is 3.55. The van der Waals surface area contributed by atoms with Gasteiger partial charge in [0, 0.05) is 10.9 Å². The van der Waals surface area contributed by atoms with E-state index in [2.05, 4.69) is 47.3 Å². The lowest BCUT2D eigenvalue weighted by Crippen LogP contribution is -1.87. The molecule has 0 saturated carbocycles. The van der Waals surface area contributed by atoms with Gasteiger partial charge in [-0.05, 0) is 49.6 Å². The van der Waals surface area contributed by atoms with Crippen LogP contribution in [-0.4, -0.2) is 4.98 Å². The first-order chi connectivity index (χ1) is 13.1. The number of anilines is 1. The van der Waals surface area contributed by atoms with Crippen LogP contribution in [-0.2, 0) is 0 Å². The van der Waals surface area contributed by atoms with E-state index in [9.17, 15) is 0 Å². The van der Waals surface area contributed by atoms with Gasteiger partial charge in [-0.2, -0.15) is 0 Å². The summed E-state index contributed by atoms with van der Waals surface area (Å²) in [6, 6.07) is 22.2. The molecule has 27 heavy (non-hydrogen) atoms. The molecule has 4 nitrogen and oxygen atoms in total. The smallest absolute Gasteiger partial charge is 0.109 e. The maximum atomic E-state index is 6.24. The molecule has 0 aliphatic carbocycles. The minimum atomic E-state index is 0.636. The Labute approximate surface area is 158 Å². The first kappa shape index (κ1) is 16.9. The van der Waals surface area contributed by atoms with E-state index in [0.29, 0.717) is 17.1 Å². The number of azo groups is 1. The molecule has 0 fully saturated rings. The molecule has 0 aliphatic rings. The number of aryl methyl sites for hydroxylation is 2. The van der Waals surface area contributed by atoms with Crippen molar-refractivity contribution in [3.05, 3.63) is 84.1 Å². The summed E-state index contributed by atoms with van der Waals surface area (Å²) in [6.07, 6.45) is 1.73. The van der Waals surface area contributed by atoms with Crippen molar-refractivity contribution in [2.24, 2.45) is 10.2 Å². The maximum Gasteiger partial charge on any atom is 0.109 e. The van der Waals surface area contributed by atoms with E-state index in [0.717, 1.165) is 22.0 Å². The van der Waals surface area contributed by atoms with Gasteiger partial charge in [0.15, 0.2) is 0 Å². The van der Waals surface area contributed by atoms with Crippen LogP contribution in [0.3, 0.4) is 0 Å². The molecule has 4 rings (SSSR count). The van der Waals surface area contributed by atoms with Crippen LogP contribution in [0.15, 0.2) is 83.2 Å². The molecule has 0 aliphatic heterocycles. The molecule has 132 valence electrons. The topological polar surface area (TPSA) is 63.6 Å². The zero-order chi connectivity index (χ0) is 18.8. The van der Waals surface area contributed by atoms with Gasteiger partial charge >= 0.3 is 0 Å². The highest BCUT2D eigenvalue weighted by atomic mass is 15.1. The van der Waals surface area contributed by atoms with Gasteiger partial charge in [0.2, 0.25) is 0 Å². The van der Waals surface area contributed by atoms with Crippen LogP contribution in [0.2, 0.25) is 0 Å². The van der Waals surface area contributed by atoms with Gasteiger partial charge in [0.1, 0.15) is 11.4 Å². The van der Waals surface area contributed by atoms with Gasteiger partial charge in [-0.1, -0.05) is 47.5 Å². The summed E-state index contributed by atoms with van der Waals surface area (Å²) >= 11 is 0. The lowest BCUT2D eigenvalue weighted by Gasteiger charge is -2.05. The van der Waals surface area contributed by atoms with Gasteiger partial charge < -0.3 is 5.73 Å². The molecule has 1 heterocycles. The van der Waals surface area contributed by atoms with Crippen LogP contribution in [0.1, 0.15) is 11.1 Å². The minimum absolute atomic E-state index is 0.636. The third-order valence-electron chi connectivity index (χ3n) is 4.49. The van der Waals surface area contributed by atoms with E-state index in [1.165, 1.54) is 11.1 Å². The molecule has 0 saturated heterocycles. The van der Waals surface area contributed by atoms with Gasteiger partial charge in [-0.15, -0.1) is 10.2 Å². The molecule has 0 spiro atoms. The summed E-state index contributed by atoms with van der Waals surface area (Å²) < 4.78 is 0. The van der Waals surface area contributed by atoms with Gasteiger partial charge in [-0.3, -0.25) is 4.98 Å². The number of pyridine rings is 1. The lowest BCUT2D eigenvalue weighted by molar-refractivity contribution is 1.20. The molecule has 4 heteroatoms. The Kier molecular flexibility index (Phi) is 4.38. The number of nitrogens with two attached hydrogens (primary N) is 1. The summed E-state index contributed by atoms with van der Waals surface area (Å²) in [5.74, 6) is 0. The number of hydrogen-bond acceptors (Lipinski definition) is 4. The number of nitrogens with zero attached hydrogens (tertiary/aromatic N) is 3. The number of rotatable bonds is 3. The number of aromatic nitrogens is 1. The Morgan fingerprint density at radius 2 is 1.59 bits per heavy atom. The second kappa shape index (κ2) is 7.00. The van der Waals surface area contributed by atoms with Crippen molar-refractivity contribution in [1.82, 2.24) is 4.98 Å². The monoisotopic (exact) mass is 352 g/mol. The van der Waals surface area contributed by atoms with Crippen LogP contribution in [0, 0.1) is 13.8 Å². The molecule has 4 aromatic rings. The normalized spacial score (nSPS) is 11.3. The van der Waals surface area contributed by atoms with E-state index < -0.39 is 0 Å². The summed E-state index contributed by atoms with van der Waals surface area (Å²) in [6.45, 7) is 4.18. The molecule has 2 N–H and O–H groups in total. The van der Waals surface area contributed by atoms with E-state index in [4.69, 9.17) is 5.73 Å². The summed E-state index contributed by atoms with van der Waals surface area (Å²) in [5, 5.41) is 10.7. The van der Waals surface area contributed by atoms with Crippen LogP contribution >= 0.6 is 0 Å². The van der Waals surface area contributed by atoms with E-state index in [1.807, 2.05) is 48.5 Å². The van der Waals surface area contributed by atoms with Crippen LogP contribution in [0.4, 0.5) is 17.1 Å². The molecule has 0 unspecified atom stereocenters. The van der Waals surface area contributed by atoms with Gasteiger partial charge in [-0.25, -0.2) is 0 Å². The first-order valence-electron chi connectivity index (χ1n) is 8.84. The first-order valence-corrected chi connectivity index (χ1v) is 8.84. The Bertz CT molecular complexity index is 1120. The number of benzene rings is 3. The summed E-state index contributed by atoms with van der Waals surface area (Å²) in [7, 11) is 0. The fourth-order valence-electron chi connectivity index (χ4n) is 3.22. The van der Waals surface area contributed by atoms with Crippen molar-refractivity contribution in [2.45, 2.75) is 13.8 Å². The van der Waals surface area contributed by atoms with Crippen molar-refractivity contribution in [1.29, 1.82) is 0 Å². The lowest BCUT2D eigenvalue weighted by atomic mass is 10.0. The molecule has 0 amide bonds. The summed E-state index contributed by atoms with van der Waals surface area (Å²) in [5.41, 5.74) is 12.7. The van der Waals surface area contributed by atoms with E-state index >= 15 is 0 Å². The molecule has 3 aromatic carbocycles. The Morgan fingerprint density at radius 1 is 0.815 bits per heavy atom. The van der Waals surface area contributed by atoms with Crippen LogP contribution in [0.25, 0.3) is 22.0 Å². The van der Waals surface area contributed by atoms with Crippen molar-refractivity contribution >= 4 is 27.8 Å². The minimum Gasteiger partial charge on any atom is -0.396 e. The largest absolute Gasteiger partial charge is 0.396 e.